The van der Waals surface area contributed by atoms with Crippen molar-refractivity contribution in [1.29, 1.82) is 0 Å². The molecule has 0 aliphatic carbocycles. The Morgan fingerprint density at radius 3 is 2.12 bits per heavy atom. The molecule has 17 heavy (non-hydrogen) atoms. The summed E-state index contributed by atoms with van der Waals surface area (Å²) in [6, 6.07) is 7.46. The molecule has 1 heterocycles. The zero-order valence-electron chi connectivity index (χ0n) is 10.2. The molecule has 0 unspecified atom stereocenters. The van der Waals surface area contributed by atoms with Crippen LogP contribution in [0.3, 0.4) is 0 Å². The molecule has 0 saturated carbocycles. The Bertz CT molecular complexity index is 494. The molecule has 0 N–H and O–H groups in total. The summed E-state index contributed by atoms with van der Waals surface area (Å²) in [5, 5.41) is 0. The Morgan fingerprint density at radius 1 is 1.00 bits per heavy atom. The molecule has 0 spiro atoms. The molecule has 0 radical (unpaired) electrons. The third-order valence-corrected chi connectivity index (χ3v) is 2.67. The summed E-state index contributed by atoms with van der Waals surface area (Å²) in [5.41, 5.74) is 1.66. The molecule has 0 bridgehead atoms. The van der Waals surface area contributed by atoms with Crippen molar-refractivity contribution in [3.05, 3.63) is 36.4 Å². The van der Waals surface area contributed by atoms with E-state index >= 15 is 0 Å². The van der Waals surface area contributed by atoms with Crippen molar-refractivity contribution in [2.45, 2.75) is 0 Å². The first-order valence-corrected chi connectivity index (χ1v) is 5.38. The lowest BCUT2D eigenvalue weighted by atomic mass is 10.2. The number of quaternary nitrogens is 1. The number of carbonyl (C=O) groups excluding carboxylic acids is 2. The van der Waals surface area contributed by atoms with Crippen molar-refractivity contribution >= 4 is 23.2 Å². The van der Waals surface area contributed by atoms with E-state index < -0.39 is 0 Å². The molecule has 1 aromatic rings. The molecule has 1 aromatic carbocycles. The molecule has 88 valence electrons. The largest absolute Gasteiger partial charge is 0.298 e. The smallest absolute Gasteiger partial charge is 0.258 e. The molecule has 4 heteroatoms. The minimum atomic E-state index is -0.284. The zero-order valence-corrected chi connectivity index (χ0v) is 10.2. The van der Waals surface area contributed by atoms with E-state index in [2.05, 4.69) is 0 Å². The first kappa shape index (κ1) is 11.5. The Balaban J connectivity index is 2.41. The summed E-state index contributed by atoms with van der Waals surface area (Å²) in [4.78, 5) is 24.3. The first-order chi connectivity index (χ1) is 7.89. The van der Waals surface area contributed by atoms with E-state index in [1.165, 1.54) is 17.1 Å². The van der Waals surface area contributed by atoms with Crippen LogP contribution in [0.15, 0.2) is 36.4 Å². The number of rotatable bonds is 2. The number of nitrogens with zero attached hydrogens (tertiary/aromatic N) is 2. The second-order valence-electron chi connectivity index (χ2n) is 4.88. The highest BCUT2D eigenvalue weighted by Gasteiger charge is 2.26. The van der Waals surface area contributed by atoms with Crippen LogP contribution in [-0.4, -0.2) is 33.0 Å². The zero-order chi connectivity index (χ0) is 12.6. The van der Waals surface area contributed by atoms with Crippen LogP contribution < -0.4 is 9.38 Å². The summed E-state index contributed by atoms with van der Waals surface area (Å²) in [5.74, 6) is -0.567. The summed E-state index contributed by atoms with van der Waals surface area (Å²) in [6.45, 7) is 0. The standard InChI is InChI=1S/C13H15N2O2/c1-15(2,3)11-6-4-5-10(9-11)14-12(16)7-8-13(14)17/h4-9H,1-3H3/q+1. The van der Waals surface area contributed by atoms with Gasteiger partial charge in [-0.3, -0.25) is 14.1 Å². The van der Waals surface area contributed by atoms with Crippen LogP contribution in [0.2, 0.25) is 0 Å². The van der Waals surface area contributed by atoms with Gasteiger partial charge in [0, 0.05) is 18.2 Å². The molecule has 1 aliphatic rings. The van der Waals surface area contributed by atoms with Crippen molar-refractivity contribution in [1.82, 2.24) is 4.48 Å². The molecule has 0 fully saturated rings. The maximum Gasteiger partial charge on any atom is 0.258 e. The summed E-state index contributed by atoms with van der Waals surface area (Å²) >= 11 is 0. The normalized spacial score (nSPS) is 15.8. The SMILES string of the molecule is C[N+](C)(C)c1cccc(N2C(=O)C=CC2=O)c1. The van der Waals surface area contributed by atoms with Crippen LogP contribution in [0.25, 0.3) is 0 Å². The maximum absolute atomic E-state index is 11.6. The highest BCUT2D eigenvalue weighted by atomic mass is 16.2. The van der Waals surface area contributed by atoms with Crippen molar-refractivity contribution in [2.75, 3.05) is 26.0 Å². The van der Waals surface area contributed by atoms with Crippen LogP contribution in [0, 0.1) is 0 Å². The fourth-order valence-corrected chi connectivity index (χ4v) is 1.70. The van der Waals surface area contributed by atoms with E-state index in [4.69, 9.17) is 0 Å². The van der Waals surface area contributed by atoms with Gasteiger partial charge in [0.2, 0.25) is 0 Å². The van der Waals surface area contributed by atoms with E-state index in [0.717, 1.165) is 5.69 Å². The lowest BCUT2D eigenvalue weighted by Crippen LogP contribution is -2.35. The Hall–Kier alpha value is -1.94. The van der Waals surface area contributed by atoms with Gasteiger partial charge in [-0.05, 0) is 12.1 Å². The Morgan fingerprint density at radius 2 is 1.59 bits per heavy atom. The highest BCUT2D eigenvalue weighted by Crippen LogP contribution is 2.25. The lowest BCUT2D eigenvalue weighted by molar-refractivity contribution is -0.119. The third kappa shape index (κ3) is 2.12. The second-order valence-corrected chi connectivity index (χ2v) is 4.88. The van der Waals surface area contributed by atoms with Gasteiger partial charge in [0.15, 0.2) is 0 Å². The van der Waals surface area contributed by atoms with E-state index in [9.17, 15) is 9.59 Å². The van der Waals surface area contributed by atoms with Crippen LogP contribution >= 0.6 is 0 Å². The summed E-state index contributed by atoms with van der Waals surface area (Å²) in [6.07, 6.45) is 2.59. The lowest BCUT2D eigenvalue weighted by Gasteiger charge is -2.24. The topological polar surface area (TPSA) is 37.4 Å². The van der Waals surface area contributed by atoms with Crippen LogP contribution in [0.5, 0.6) is 0 Å². The van der Waals surface area contributed by atoms with E-state index in [1.807, 2.05) is 39.3 Å². The third-order valence-electron chi connectivity index (χ3n) is 2.67. The Kier molecular flexibility index (Phi) is 2.59. The number of anilines is 1. The van der Waals surface area contributed by atoms with Gasteiger partial charge >= 0.3 is 0 Å². The van der Waals surface area contributed by atoms with Gasteiger partial charge in [-0.25, -0.2) is 4.90 Å². The number of hydrogen-bond acceptors (Lipinski definition) is 2. The van der Waals surface area contributed by atoms with Crippen LogP contribution in [0.4, 0.5) is 11.4 Å². The van der Waals surface area contributed by atoms with Crippen molar-refractivity contribution in [3.8, 4) is 0 Å². The summed E-state index contributed by atoms with van der Waals surface area (Å²) < 4.78 is 0.636. The second kappa shape index (κ2) is 3.82. The number of amides is 2. The van der Waals surface area contributed by atoms with Crippen molar-refractivity contribution in [2.24, 2.45) is 0 Å². The van der Waals surface area contributed by atoms with Gasteiger partial charge in [0.05, 0.1) is 26.8 Å². The van der Waals surface area contributed by atoms with Crippen LogP contribution in [-0.2, 0) is 9.59 Å². The number of hydrogen-bond donors (Lipinski definition) is 0. The van der Waals surface area contributed by atoms with E-state index in [-0.39, 0.29) is 11.8 Å². The van der Waals surface area contributed by atoms with Gasteiger partial charge in [-0.15, -0.1) is 0 Å². The average Bonchev–Trinajstić information content (AvgIpc) is 2.57. The monoisotopic (exact) mass is 231 g/mol. The van der Waals surface area contributed by atoms with Gasteiger partial charge in [0.25, 0.3) is 11.8 Å². The van der Waals surface area contributed by atoms with Gasteiger partial charge < -0.3 is 0 Å². The molecule has 2 amide bonds. The molecule has 2 rings (SSSR count). The van der Waals surface area contributed by atoms with E-state index in [1.54, 1.807) is 6.07 Å². The minimum absolute atomic E-state index is 0.284. The quantitative estimate of drug-likeness (QED) is 0.568. The molecule has 0 aromatic heterocycles. The average molecular weight is 231 g/mol. The molecule has 0 atom stereocenters. The van der Waals surface area contributed by atoms with Gasteiger partial charge in [-0.1, -0.05) is 6.07 Å². The predicted octanol–water partition coefficient (Wildman–Crippen LogP) is 1.31. The van der Waals surface area contributed by atoms with Gasteiger partial charge in [-0.2, -0.15) is 0 Å². The Labute approximate surface area is 100 Å². The fourth-order valence-electron chi connectivity index (χ4n) is 1.70. The number of imide groups is 1. The first-order valence-electron chi connectivity index (χ1n) is 5.38. The predicted molar refractivity (Wildman–Crippen MR) is 67.6 cm³/mol. The van der Waals surface area contributed by atoms with Gasteiger partial charge in [0.1, 0.15) is 5.69 Å². The highest BCUT2D eigenvalue weighted by molar-refractivity contribution is 6.28. The molecule has 4 nitrogen and oxygen atoms in total. The van der Waals surface area contributed by atoms with Crippen molar-refractivity contribution < 1.29 is 9.59 Å². The number of benzene rings is 1. The van der Waals surface area contributed by atoms with Crippen molar-refractivity contribution in [3.63, 3.8) is 0 Å². The molecular weight excluding hydrogens is 216 g/mol. The molecular formula is C13H15N2O2+. The molecule has 1 aliphatic heterocycles. The fraction of sp³-hybridized carbons (Fsp3) is 0.231. The van der Waals surface area contributed by atoms with E-state index in [0.29, 0.717) is 10.2 Å². The minimum Gasteiger partial charge on any atom is -0.298 e. The number of carbonyl (C=O) groups is 2. The maximum atomic E-state index is 11.6. The summed E-state index contributed by atoms with van der Waals surface area (Å²) in [7, 11) is 6.10. The molecule has 0 saturated heterocycles. The van der Waals surface area contributed by atoms with Crippen LogP contribution in [0.1, 0.15) is 0 Å².